The van der Waals surface area contributed by atoms with Crippen LogP contribution in [-0.4, -0.2) is 31.7 Å². The molecule has 0 aromatic heterocycles. The zero-order valence-electron chi connectivity index (χ0n) is 8.51. The van der Waals surface area contributed by atoms with E-state index in [1.165, 1.54) is 12.8 Å². The van der Waals surface area contributed by atoms with Crippen LogP contribution < -0.4 is 16.0 Å². The van der Waals surface area contributed by atoms with Crippen molar-refractivity contribution < 1.29 is 4.79 Å². The van der Waals surface area contributed by atoms with Gasteiger partial charge in [0, 0.05) is 12.6 Å². The summed E-state index contributed by atoms with van der Waals surface area (Å²) in [5, 5.41) is 9.20. The molecule has 2 fully saturated rings. The number of hydrogen-bond donors (Lipinski definition) is 3. The highest BCUT2D eigenvalue weighted by Crippen LogP contribution is 2.18. The maximum Gasteiger partial charge on any atom is 0.315 e. The molecule has 0 unspecified atom stereocenters. The molecule has 2 rings (SSSR count). The molecular formula is C10H19N3O. The maximum absolute atomic E-state index is 11.3. The number of amides is 2. The molecule has 0 bridgehead atoms. The molecule has 1 saturated carbocycles. The predicted molar refractivity (Wildman–Crippen MR) is 55.2 cm³/mol. The van der Waals surface area contributed by atoms with Crippen LogP contribution in [0.2, 0.25) is 0 Å². The molecule has 0 radical (unpaired) electrons. The van der Waals surface area contributed by atoms with E-state index >= 15 is 0 Å². The lowest BCUT2D eigenvalue weighted by atomic mass is 10.00. The van der Waals surface area contributed by atoms with E-state index in [9.17, 15) is 4.79 Å². The number of nitrogens with one attached hydrogen (secondary N) is 3. The minimum atomic E-state index is 0.0121. The van der Waals surface area contributed by atoms with E-state index in [4.69, 9.17) is 0 Å². The smallest absolute Gasteiger partial charge is 0.315 e. The van der Waals surface area contributed by atoms with E-state index in [2.05, 4.69) is 16.0 Å². The summed E-state index contributed by atoms with van der Waals surface area (Å²) in [5.74, 6) is 0.619. The van der Waals surface area contributed by atoms with Crippen molar-refractivity contribution in [2.45, 2.75) is 31.7 Å². The van der Waals surface area contributed by atoms with Gasteiger partial charge in [0.25, 0.3) is 0 Å². The van der Waals surface area contributed by atoms with Crippen molar-refractivity contribution >= 4 is 6.03 Å². The van der Waals surface area contributed by atoms with E-state index in [0.29, 0.717) is 12.0 Å². The number of rotatable bonds is 3. The first-order valence-corrected chi connectivity index (χ1v) is 5.59. The Kier molecular flexibility index (Phi) is 3.24. The zero-order chi connectivity index (χ0) is 9.80. The lowest BCUT2D eigenvalue weighted by Gasteiger charge is -2.22. The van der Waals surface area contributed by atoms with Crippen LogP contribution in [-0.2, 0) is 0 Å². The Morgan fingerprint density at radius 1 is 1.36 bits per heavy atom. The fourth-order valence-corrected chi connectivity index (χ4v) is 1.80. The molecule has 3 N–H and O–H groups in total. The van der Waals surface area contributed by atoms with Gasteiger partial charge in [-0.3, -0.25) is 0 Å². The quantitative estimate of drug-likeness (QED) is 0.615. The van der Waals surface area contributed by atoms with Gasteiger partial charge in [0.05, 0.1) is 0 Å². The van der Waals surface area contributed by atoms with Gasteiger partial charge in [0.15, 0.2) is 0 Å². The molecule has 4 heteroatoms. The standard InChI is InChI=1S/C10H19N3O/c14-10(13-9-3-4-9)12-7-8-2-1-5-11-6-8/h8-9,11H,1-7H2,(H2,12,13,14)/t8-/m1/s1. The van der Waals surface area contributed by atoms with Crippen LogP contribution in [0.4, 0.5) is 4.79 Å². The van der Waals surface area contributed by atoms with Gasteiger partial charge in [-0.15, -0.1) is 0 Å². The number of piperidine rings is 1. The third-order valence-electron chi connectivity index (χ3n) is 2.86. The van der Waals surface area contributed by atoms with Crippen molar-refractivity contribution in [1.29, 1.82) is 0 Å². The van der Waals surface area contributed by atoms with E-state index in [-0.39, 0.29) is 6.03 Å². The normalized spacial score (nSPS) is 27.0. The average molecular weight is 197 g/mol. The Hall–Kier alpha value is -0.770. The maximum atomic E-state index is 11.3. The summed E-state index contributed by atoms with van der Waals surface area (Å²) in [4.78, 5) is 11.3. The Labute approximate surface area is 84.8 Å². The van der Waals surface area contributed by atoms with E-state index in [1.54, 1.807) is 0 Å². The molecule has 1 atom stereocenters. The van der Waals surface area contributed by atoms with E-state index in [1.807, 2.05) is 0 Å². The fourth-order valence-electron chi connectivity index (χ4n) is 1.80. The number of carbonyl (C=O) groups excluding carboxylic acids is 1. The molecular weight excluding hydrogens is 178 g/mol. The van der Waals surface area contributed by atoms with Gasteiger partial charge in [-0.25, -0.2) is 4.79 Å². The summed E-state index contributed by atoms with van der Waals surface area (Å²) in [6.07, 6.45) is 4.77. The minimum Gasteiger partial charge on any atom is -0.338 e. The summed E-state index contributed by atoms with van der Waals surface area (Å²) in [5.41, 5.74) is 0. The largest absolute Gasteiger partial charge is 0.338 e. The SMILES string of the molecule is O=C(NC[C@@H]1CCCNC1)NC1CC1. The second-order valence-electron chi connectivity index (χ2n) is 4.34. The average Bonchev–Trinajstić information content (AvgIpc) is 3.00. The molecule has 1 heterocycles. The summed E-state index contributed by atoms with van der Waals surface area (Å²) >= 11 is 0. The molecule has 80 valence electrons. The highest BCUT2D eigenvalue weighted by Gasteiger charge is 2.23. The molecule has 0 aromatic rings. The van der Waals surface area contributed by atoms with Crippen molar-refractivity contribution in [3.8, 4) is 0 Å². The molecule has 4 nitrogen and oxygen atoms in total. The first-order chi connectivity index (χ1) is 6.84. The van der Waals surface area contributed by atoms with Crippen molar-refractivity contribution in [3.63, 3.8) is 0 Å². The van der Waals surface area contributed by atoms with Crippen LogP contribution in [0, 0.1) is 5.92 Å². The third-order valence-corrected chi connectivity index (χ3v) is 2.86. The number of carbonyl (C=O) groups is 1. The van der Waals surface area contributed by atoms with Gasteiger partial charge in [0.2, 0.25) is 0 Å². The van der Waals surface area contributed by atoms with Crippen LogP contribution in [0.15, 0.2) is 0 Å². The summed E-state index contributed by atoms with van der Waals surface area (Å²) < 4.78 is 0. The predicted octanol–water partition coefficient (Wildman–Crippen LogP) is 0.448. The monoisotopic (exact) mass is 197 g/mol. The van der Waals surface area contributed by atoms with Gasteiger partial charge in [-0.2, -0.15) is 0 Å². The molecule has 0 aromatic carbocycles. The molecule has 14 heavy (non-hydrogen) atoms. The van der Waals surface area contributed by atoms with E-state index < -0.39 is 0 Å². The van der Waals surface area contributed by atoms with Crippen LogP contribution >= 0.6 is 0 Å². The first kappa shape index (κ1) is 9.77. The van der Waals surface area contributed by atoms with Gasteiger partial charge in [-0.05, 0) is 44.7 Å². The summed E-state index contributed by atoms with van der Waals surface area (Å²) in [6, 6.07) is 0.470. The Morgan fingerprint density at radius 3 is 2.86 bits per heavy atom. The highest BCUT2D eigenvalue weighted by molar-refractivity contribution is 5.74. The van der Waals surface area contributed by atoms with Gasteiger partial charge < -0.3 is 16.0 Å². The van der Waals surface area contributed by atoms with E-state index in [0.717, 1.165) is 32.5 Å². The first-order valence-electron chi connectivity index (χ1n) is 5.59. The minimum absolute atomic E-state index is 0.0121. The lowest BCUT2D eigenvalue weighted by Crippen LogP contribution is -2.42. The van der Waals surface area contributed by atoms with Crippen molar-refractivity contribution in [3.05, 3.63) is 0 Å². The zero-order valence-corrected chi connectivity index (χ0v) is 8.51. The van der Waals surface area contributed by atoms with Crippen LogP contribution in [0.3, 0.4) is 0 Å². The van der Waals surface area contributed by atoms with Gasteiger partial charge >= 0.3 is 6.03 Å². The highest BCUT2D eigenvalue weighted by atomic mass is 16.2. The van der Waals surface area contributed by atoms with Crippen LogP contribution in [0.1, 0.15) is 25.7 Å². The topological polar surface area (TPSA) is 53.2 Å². The molecule has 2 amide bonds. The Morgan fingerprint density at radius 2 is 2.21 bits per heavy atom. The Balaban J connectivity index is 1.57. The molecule has 2 aliphatic rings. The third kappa shape index (κ3) is 3.18. The van der Waals surface area contributed by atoms with Gasteiger partial charge in [0.1, 0.15) is 0 Å². The number of urea groups is 1. The van der Waals surface area contributed by atoms with Crippen LogP contribution in [0.5, 0.6) is 0 Å². The second kappa shape index (κ2) is 4.64. The molecule has 1 aliphatic carbocycles. The van der Waals surface area contributed by atoms with Crippen molar-refractivity contribution in [1.82, 2.24) is 16.0 Å². The molecule has 0 spiro atoms. The van der Waals surface area contributed by atoms with Crippen molar-refractivity contribution in [2.75, 3.05) is 19.6 Å². The van der Waals surface area contributed by atoms with Gasteiger partial charge in [-0.1, -0.05) is 0 Å². The molecule has 1 saturated heterocycles. The lowest BCUT2D eigenvalue weighted by molar-refractivity contribution is 0.236. The van der Waals surface area contributed by atoms with Crippen LogP contribution in [0.25, 0.3) is 0 Å². The molecule has 1 aliphatic heterocycles. The summed E-state index contributed by atoms with van der Waals surface area (Å²) in [7, 11) is 0. The Bertz CT molecular complexity index is 198. The second-order valence-corrected chi connectivity index (χ2v) is 4.34. The summed E-state index contributed by atoms with van der Waals surface area (Å²) in [6.45, 7) is 2.99. The fraction of sp³-hybridized carbons (Fsp3) is 0.900. The van der Waals surface area contributed by atoms with Crippen molar-refractivity contribution in [2.24, 2.45) is 5.92 Å². The number of hydrogen-bond acceptors (Lipinski definition) is 2.